The van der Waals surface area contributed by atoms with Gasteiger partial charge in [0.1, 0.15) is 53.6 Å². The van der Waals surface area contributed by atoms with E-state index in [0.29, 0.717) is 58.5 Å². The summed E-state index contributed by atoms with van der Waals surface area (Å²) in [5, 5.41) is 31.7. The average Bonchev–Trinajstić information content (AvgIpc) is 3.82. The molecule has 1 aromatic carbocycles. The molecule has 57 heavy (non-hydrogen) atoms. The number of hydrogen-bond donors (Lipinski definition) is 5. The lowest BCUT2D eigenvalue weighted by atomic mass is 9.85. The number of fused-ring (bicyclic) bond motifs is 2. The smallest absolute Gasteiger partial charge is 0.408 e. The molecule has 3 aromatic rings. The molecule has 15 nitrogen and oxygen atoms in total. The molecule has 16 heteroatoms. The van der Waals surface area contributed by atoms with E-state index in [1.54, 1.807) is 24.3 Å². The molecule has 3 saturated carbocycles. The quantitative estimate of drug-likeness (QED) is 0.135. The number of carboxylic acids is 1. The van der Waals surface area contributed by atoms with Crippen LogP contribution in [0.2, 0.25) is 0 Å². The highest BCUT2D eigenvalue weighted by Crippen LogP contribution is 2.52. The van der Waals surface area contributed by atoms with Gasteiger partial charge < -0.3 is 45.3 Å². The lowest BCUT2D eigenvalue weighted by Gasteiger charge is -2.35. The highest BCUT2D eigenvalue weighted by atomic mass is 32.1. The van der Waals surface area contributed by atoms with Crippen molar-refractivity contribution in [2.45, 2.75) is 116 Å². The second-order valence-electron chi connectivity index (χ2n) is 17.3. The molecule has 8 atom stereocenters. The Morgan fingerprint density at radius 2 is 1.79 bits per heavy atom. The van der Waals surface area contributed by atoms with Crippen LogP contribution in [0.4, 0.5) is 9.93 Å². The molecule has 0 bridgehead atoms. The monoisotopic (exact) mass is 806 g/mol. The van der Waals surface area contributed by atoms with Crippen LogP contribution < -0.4 is 25.4 Å². The van der Waals surface area contributed by atoms with Crippen molar-refractivity contribution in [3.8, 4) is 22.9 Å². The number of nitrogens with zero attached hydrogens (tertiary/aromatic N) is 3. The number of nitrogens with one attached hydrogen (secondary N) is 3. The second kappa shape index (κ2) is 15.9. The molecule has 3 aliphatic carbocycles. The van der Waals surface area contributed by atoms with Gasteiger partial charge in [0, 0.05) is 35.4 Å². The van der Waals surface area contributed by atoms with E-state index in [2.05, 4.69) is 16.0 Å². The Morgan fingerprint density at radius 1 is 1.04 bits per heavy atom. The SMILES string of the molecule is CC[C@@H]1C[C@@]1(NC(=O)[C@@H]1C[C@H](Oc2cc(-c3csc(NC(C)C)n3)nc3cc(OCCO)ccc23)CN1C(=O)[C@H](NC(=O)OC1CC2C[C@H]2C1)C(C)(C)C)C(=O)O. The number of anilines is 1. The fraction of sp³-hybridized carbons (Fsp3) is 0.610. The van der Waals surface area contributed by atoms with Gasteiger partial charge in [0.15, 0.2) is 5.13 Å². The number of carboxylic acid groups (broad SMARTS) is 1. The lowest BCUT2D eigenvalue weighted by molar-refractivity contribution is -0.146. The Labute approximate surface area is 336 Å². The number of amides is 3. The topological polar surface area (TPSA) is 202 Å². The van der Waals surface area contributed by atoms with Gasteiger partial charge in [-0.3, -0.25) is 9.59 Å². The summed E-state index contributed by atoms with van der Waals surface area (Å²) in [4.78, 5) is 65.6. The molecule has 4 aliphatic rings. The number of alkyl carbamates (subject to hydrolysis) is 1. The highest BCUT2D eigenvalue weighted by Gasteiger charge is 2.61. The number of carbonyl (C=O) groups is 4. The van der Waals surface area contributed by atoms with Crippen LogP contribution in [0.25, 0.3) is 22.3 Å². The normalized spacial score (nSPS) is 26.8. The maximum Gasteiger partial charge on any atom is 0.408 e. The Hall–Kier alpha value is -4.70. The zero-order valence-corrected chi connectivity index (χ0v) is 34.2. The van der Waals surface area contributed by atoms with Gasteiger partial charge in [0.05, 0.1) is 24.4 Å². The van der Waals surface area contributed by atoms with Crippen LogP contribution in [0.5, 0.6) is 11.5 Å². The molecule has 0 radical (unpaired) electrons. The summed E-state index contributed by atoms with van der Waals surface area (Å²) in [6.45, 7) is 11.4. The van der Waals surface area contributed by atoms with Crippen molar-refractivity contribution in [3.63, 3.8) is 0 Å². The van der Waals surface area contributed by atoms with Crippen molar-refractivity contribution in [2.75, 3.05) is 25.1 Å². The van der Waals surface area contributed by atoms with Gasteiger partial charge in [-0.25, -0.2) is 19.6 Å². The molecule has 1 aliphatic heterocycles. The molecule has 7 rings (SSSR count). The Bertz CT molecular complexity index is 2010. The van der Waals surface area contributed by atoms with Crippen LogP contribution in [-0.2, 0) is 19.1 Å². The van der Waals surface area contributed by atoms with Gasteiger partial charge in [0.25, 0.3) is 0 Å². The molecular formula is C41H54N6O9S. The number of aromatic nitrogens is 2. The van der Waals surface area contributed by atoms with Crippen LogP contribution in [0.1, 0.15) is 80.1 Å². The summed E-state index contributed by atoms with van der Waals surface area (Å²) in [6, 6.07) is 5.11. The Kier molecular flexibility index (Phi) is 11.3. The third-order valence-corrected chi connectivity index (χ3v) is 12.4. The van der Waals surface area contributed by atoms with Gasteiger partial charge in [0.2, 0.25) is 11.8 Å². The molecule has 308 valence electrons. The third kappa shape index (κ3) is 8.76. The number of aliphatic hydroxyl groups is 1. The minimum absolute atomic E-state index is 0.0144. The number of carbonyl (C=O) groups excluding carboxylic acids is 3. The van der Waals surface area contributed by atoms with Gasteiger partial charge in [-0.1, -0.05) is 34.1 Å². The van der Waals surface area contributed by atoms with Gasteiger partial charge in [-0.15, -0.1) is 11.3 Å². The number of ether oxygens (including phenoxy) is 3. The zero-order chi connectivity index (χ0) is 40.8. The number of rotatable bonds is 15. The number of likely N-dealkylation sites (tertiary alicyclic amines) is 1. The number of thiazole rings is 1. The molecule has 3 amide bonds. The molecule has 0 spiro atoms. The summed E-state index contributed by atoms with van der Waals surface area (Å²) in [7, 11) is 0. The van der Waals surface area contributed by atoms with Crippen LogP contribution in [0.3, 0.4) is 0 Å². The predicted octanol–water partition coefficient (Wildman–Crippen LogP) is 5.21. The van der Waals surface area contributed by atoms with Crippen molar-refractivity contribution in [2.24, 2.45) is 23.2 Å². The summed E-state index contributed by atoms with van der Waals surface area (Å²) in [6.07, 6.45) is 2.18. The van der Waals surface area contributed by atoms with Crippen LogP contribution >= 0.6 is 11.3 Å². The highest BCUT2D eigenvalue weighted by molar-refractivity contribution is 7.14. The first-order valence-corrected chi connectivity index (χ1v) is 20.9. The summed E-state index contributed by atoms with van der Waals surface area (Å²) in [5.74, 6) is -0.277. The van der Waals surface area contributed by atoms with Gasteiger partial charge in [-0.2, -0.15) is 0 Å². The Balaban J connectivity index is 1.19. The minimum atomic E-state index is -1.41. The number of benzene rings is 1. The summed E-state index contributed by atoms with van der Waals surface area (Å²) >= 11 is 1.45. The maximum absolute atomic E-state index is 14.7. The zero-order valence-electron chi connectivity index (χ0n) is 33.4. The van der Waals surface area contributed by atoms with Gasteiger partial charge >= 0.3 is 12.1 Å². The predicted molar refractivity (Wildman–Crippen MR) is 213 cm³/mol. The first-order chi connectivity index (χ1) is 27.1. The molecule has 3 heterocycles. The molecule has 2 unspecified atom stereocenters. The summed E-state index contributed by atoms with van der Waals surface area (Å²) in [5.41, 5.74) is -0.490. The maximum atomic E-state index is 14.7. The van der Waals surface area contributed by atoms with E-state index in [-0.39, 0.29) is 44.2 Å². The molecule has 1 saturated heterocycles. The Morgan fingerprint density at radius 3 is 2.44 bits per heavy atom. The largest absolute Gasteiger partial charge is 0.491 e. The first-order valence-electron chi connectivity index (χ1n) is 20.0. The van der Waals surface area contributed by atoms with Crippen LogP contribution in [0, 0.1) is 23.2 Å². The van der Waals surface area contributed by atoms with E-state index in [1.807, 2.05) is 46.9 Å². The van der Waals surface area contributed by atoms with Gasteiger partial charge in [-0.05, 0) is 74.8 Å². The van der Waals surface area contributed by atoms with Crippen molar-refractivity contribution < 1.29 is 43.6 Å². The molecule has 5 N–H and O–H groups in total. The molecule has 4 fully saturated rings. The van der Waals surface area contributed by atoms with Crippen molar-refractivity contribution >= 4 is 51.2 Å². The lowest BCUT2D eigenvalue weighted by Crippen LogP contribution is -2.59. The fourth-order valence-electron chi connectivity index (χ4n) is 8.38. The number of pyridine rings is 1. The van der Waals surface area contributed by atoms with E-state index in [1.165, 1.54) is 22.7 Å². The van der Waals surface area contributed by atoms with Crippen molar-refractivity contribution in [3.05, 3.63) is 29.6 Å². The number of hydrogen-bond acceptors (Lipinski definition) is 12. The average molecular weight is 807 g/mol. The fourth-order valence-corrected chi connectivity index (χ4v) is 9.24. The van der Waals surface area contributed by atoms with E-state index in [4.69, 9.17) is 24.2 Å². The molecular weight excluding hydrogens is 753 g/mol. The number of aliphatic hydroxyl groups excluding tert-OH is 1. The van der Waals surface area contributed by atoms with Crippen LogP contribution in [0.15, 0.2) is 29.6 Å². The van der Waals surface area contributed by atoms with E-state index in [9.17, 15) is 29.4 Å². The van der Waals surface area contributed by atoms with E-state index >= 15 is 0 Å². The van der Waals surface area contributed by atoms with Crippen molar-refractivity contribution in [1.82, 2.24) is 25.5 Å². The van der Waals surface area contributed by atoms with E-state index < -0.39 is 53.0 Å². The third-order valence-electron chi connectivity index (χ3n) is 11.6. The minimum Gasteiger partial charge on any atom is -0.491 e. The molecule has 2 aromatic heterocycles. The second-order valence-corrected chi connectivity index (χ2v) is 18.2. The number of aliphatic carboxylic acids is 1. The summed E-state index contributed by atoms with van der Waals surface area (Å²) < 4.78 is 18.2. The van der Waals surface area contributed by atoms with Crippen LogP contribution in [-0.4, -0.2) is 105 Å². The first kappa shape index (κ1) is 40.5. The standard InChI is InChI=1S/C41H54N6O9S/c1-7-24-18-41(24,37(51)52)46-35(49)32-16-27(19-47(32)36(50)34(40(4,5)6)45-39(53)56-26-13-22-12-23(22)14-26)55-33-17-30(31-20-57-38(44-31)42-21(2)3)43-29-15-25(54-11-10-48)8-9-28(29)33/h8-9,15,17,20-24,26-27,32,34,48H,7,10-14,16,18-19H2,1-6H3,(H,42,44)(H,45,53)(H,46,49)(H,51,52)/t22-,23?,24+,26?,27-,32-,34-,41-/m0/s1. The van der Waals surface area contributed by atoms with E-state index in [0.717, 1.165) is 18.0 Å². The van der Waals surface area contributed by atoms with Crippen molar-refractivity contribution in [1.29, 1.82) is 0 Å².